The molecule has 6 heteroatoms. The Bertz CT molecular complexity index is 671. The van der Waals surface area contributed by atoms with Crippen LogP contribution in [0.25, 0.3) is 6.08 Å². The highest BCUT2D eigenvalue weighted by atomic mass is 16.2. The summed E-state index contributed by atoms with van der Waals surface area (Å²) in [5.41, 5.74) is 2.01. The average Bonchev–Trinajstić information content (AvgIpc) is 3.00. The van der Waals surface area contributed by atoms with Crippen molar-refractivity contribution in [3.63, 3.8) is 0 Å². The molecule has 0 atom stereocenters. The molecule has 3 rings (SSSR count). The summed E-state index contributed by atoms with van der Waals surface area (Å²) in [6, 6.07) is 5.97. The van der Waals surface area contributed by atoms with Crippen LogP contribution >= 0.6 is 0 Å². The standard InChI is InChI=1S/C17H21N5O/c1-20-13-15(12-19-20)5-6-17(23)22-10-8-21(9-11-22)14-16-4-2-3-7-18-16/h2-7,12-13H,8-11,14H2,1H3/b6-5-. The lowest BCUT2D eigenvalue weighted by Gasteiger charge is -2.34. The first-order valence-corrected chi connectivity index (χ1v) is 7.78. The fourth-order valence-electron chi connectivity index (χ4n) is 2.65. The third-order valence-corrected chi connectivity index (χ3v) is 3.94. The quantitative estimate of drug-likeness (QED) is 0.796. The van der Waals surface area contributed by atoms with Crippen LogP contribution in [0.15, 0.2) is 42.9 Å². The monoisotopic (exact) mass is 311 g/mol. The Labute approximate surface area is 136 Å². The molecule has 3 heterocycles. The molecule has 1 aliphatic rings. The van der Waals surface area contributed by atoms with Crippen LogP contribution in [0.2, 0.25) is 0 Å². The first-order valence-electron chi connectivity index (χ1n) is 7.78. The van der Waals surface area contributed by atoms with Crippen LogP contribution in [0.5, 0.6) is 0 Å². The zero-order valence-corrected chi connectivity index (χ0v) is 13.3. The molecular weight excluding hydrogens is 290 g/mol. The summed E-state index contributed by atoms with van der Waals surface area (Å²) in [6.07, 6.45) is 8.89. The molecule has 0 radical (unpaired) electrons. The molecule has 0 N–H and O–H groups in total. The normalized spacial score (nSPS) is 16.1. The lowest BCUT2D eigenvalue weighted by molar-refractivity contribution is -0.127. The van der Waals surface area contributed by atoms with Gasteiger partial charge in [-0.05, 0) is 18.2 Å². The zero-order chi connectivity index (χ0) is 16.1. The SMILES string of the molecule is Cn1cc(/C=C\C(=O)N2CCN(Cc3ccccn3)CC2)cn1. The van der Waals surface area contributed by atoms with Gasteiger partial charge in [0, 0.05) is 63.8 Å². The summed E-state index contributed by atoms with van der Waals surface area (Å²) in [5, 5.41) is 4.08. The largest absolute Gasteiger partial charge is 0.337 e. The van der Waals surface area contributed by atoms with E-state index in [1.54, 1.807) is 17.0 Å². The Morgan fingerprint density at radius 3 is 2.74 bits per heavy atom. The van der Waals surface area contributed by atoms with Gasteiger partial charge in [-0.25, -0.2) is 0 Å². The molecule has 23 heavy (non-hydrogen) atoms. The lowest BCUT2D eigenvalue weighted by atomic mass is 10.2. The molecule has 6 nitrogen and oxygen atoms in total. The molecule has 0 saturated carbocycles. The van der Waals surface area contributed by atoms with E-state index in [-0.39, 0.29) is 5.91 Å². The Morgan fingerprint density at radius 2 is 2.09 bits per heavy atom. The molecule has 0 aromatic carbocycles. The summed E-state index contributed by atoms with van der Waals surface area (Å²) in [6.45, 7) is 4.10. The lowest BCUT2D eigenvalue weighted by Crippen LogP contribution is -2.47. The minimum absolute atomic E-state index is 0.0614. The smallest absolute Gasteiger partial charge is 0.246 e. The summed E-state index contributed by atoms with van der Waals surface area (Å²) in [7, 11) is 1.86. The average molecular weight is 311 g/mol. The van der Waals surface area contributed by atoms with E-state index in [1.165, 1.54) is 0 Å². The summed E-state index contributed by atoms with van der Waals surface area (Å²) in [5.74, 6) is 0.0614. The van der Waals surface area contributed by atoms with E-state index in [0.717, 1.165) is 44.0 Å². The molecule has 1 aliphatic heterocycles. The number of piperazine rings is 1. The minimum Gasteiger partial charge on any atom is -0.337 e. The second-order valence-electron chi connectivity index (χ2n) is 5.70. The Hall–Kier alpha value is -2.47. The third kappa shape index (κ3) is 4.26. The molecule has 0 unspecified atom stereocenters. The van der Waals surface area contributed by atoms with Crippen molar-refractivity contribution in [2.45, 2.75) is 6.54 Å². The number of hydrogen-bond donors (Lipinski definition) is 0. The highest BCUT2D eigenvalue weighted by Gasteiger charge is 2.19. The van der Waals surface area contributed by atoms with Crippen molar-refractivity contribution in [1.82, 2.24) is 24.6 Å². The number of aromatic nitrogens is 3. The second kappa shape index (κ2) is 7.19. The number of carbonyl (C=O) groups is 1. The highest BCUT2D eigenvalue weighted by Crippen LogP contribution is 2.08. The number of nitrogens with zero attached hydrogens (tertiary/aromatic N) is 5. The van der Waals surface area contributed by atoms with Gasteiger partial charge in [0.05, 0.1) is 11.9 Å². The van der Waals surface area contributed by atoms with Gasteiger partial charge in [-0.2, -0.15) is 5.10 Å². The van der Waals surface area contributed by atoms with Crippen molar-refractivity contribution in [3.8, 4) is 0 Å². The van der Waals surface area contributed by atoms with Crippen molar-refractivity contribution in [2.24, 2.45) is 7.05 Å². The Kier molecular flexibility index (Phi) is 4.83. The van der Waals surface area contributed by atoms with Gasteiger partial charge in [0.1, 0.15) is 0 Å². The number of aryl methyl sites for hydroxylation is 1. The van der Waals surface area contributed by atoms with Crippen LogP contribution in [-0.4, -0.2) is 56.7 Å². The van der Waals surface area contributed by atoms with Crippen LogP contribution in [0.3, 0.4) is 0 Å². The molecule has 0 bridgehead atoms. The van der Waals surface area contributed by atoms with Crippen molar-refractivity contribution < 1.29 is 4.79 Å². The van der Waals surface area contributed by atoms with E-state index in [0.29, 0.717) is 0 Å². The van der Waals surface area contributed by atoms with E-state index in [1.807, 2.05) is 48.6 Å². The van der Waals surface area contributed by atoms with Crippen LogP contribution in [0, 0.1) is 0 Å². The molecule has 1 fully saturated rings. The summed E-state index contributed by atoms with van der Waals surface area (Å²) in [4.78, 5) is 20.8. The number of pyridine rings is 1. The maximum Gasteiger partial charge on any atom is 0.246 e. The van der Waals surface area contributed by atoms with Crippen molar-refractivity contribution >= 4 is 12.0 Å². The number of amides is 1. The van der Waals surface area contributed by atoms with E-state index in [9.17, 15) is 4.79 Å². The Morgan fingerprint density at radius 1 is 1.26 bits per heavy atom. The molecule has 0 spiro atoms. The maximum absolute atomic E-state index is 12.2. The van der Waals surface area contributed by atoms with Crippen LogP contribution in [0.4, 0.5) is 0 Å². The predicted octanol–water partition coefficient (Wildman–Crippen LogP) is 1.17. The number of carbonyl (C=O) groups excluding carboxylic acids is 1. The first kappa shape index (κ1) is 15.4. The van der Waals surface area contributed by atoms with Gasteiger partial charge in [0.15, 0.2) is 0 Å². The summed E-state index contributed by atoms with van der Waals surface area (Å²) >= 11 is 0. The fraction of sp³-hybridized carbons (Fsp3) is 0.353. The number of hydrogen-bond acceptors (Lipinski definition) is 4. The van der Waals surface area contributed by atoms with Gasteiger partial charge in [-0.3, -0.25) is 19.4 Å². The second-order valence-corrected chi connectivity index (χ2v) is 5.70. The van der Waals surface area contributed by atoms with E-state index < -0.39 is 0 Å². The topological polar surface area (TPSA) is 54.3 Å². The van der Waals surface area contributed by atoms with Gasteiger partial charge in [0.25, 0.3) is 0 Å². The van der Waals surface area contributed by atoms with E-state index in [2.05, 4.69) is 15.0 Å². The third-order valence-electron chi connectivity index (χ3n) is 3.94. The predicted molar refractivity (Wildman–Crippen MR) is 88.3 cm³/mol. The molecule has 2 aromatic rings. The molecular formula is C17H21N5O. The molecule has 2 aromatic heterocycles. The van der Waals surface area contributed by atoms with E-state index >= 15 is 0 Å². The van der Waals surface area contributed by atoms with Gasteiger partial charge < -0.3 is 4.90 Å². The van der Waals surface area contributed by atoms with Gasteiger partial charge >= 0.3 is 0 Å². The first-order chi connectivity index (χ1) is 11.2. The summed E-state index contributed by atoms with van der Waals surface area (Å²) < 4.78 is 1.72. The minimum atomic E-state index is 0.0614. The Balaban J connectivity index is 1.48. The fourth-order valence-corrected chi connectivity index (χ4v) is 2.65. The molecule has 120 valence electrons. The highest BCUT2D eigenvalue weighted by molar-refractivity contribution is 5.91. The van der Waals surface area contributed by atoms with Crippen LogP contribution < -0.4 is 0 Å². The molecule has 1 amide bonds. The van der Waals surface area contributed by atoms with Gasteiger partial charge in [-0.15, -0.1) is 0 Å². The van der Waals surface area contributed by atoms with Crippen molar-refractivity contribution in [3.05, 3.63) is 54.1 Å². The number of rotatable bonds is 4. The molecule has 0 aliphatic carbocycles. The van der Waals surface area contributed by atoms with Gasteiger partial charge in [-0.1, -0.05) is 6.07 Å². The zero-order valence-electron chi connectivity index (χ0n) is 13.3. The van der Waals surface area contributed by atoms with Crippen molar-refractivity contribution in [2.75, 3.05) is 26.2 Å². The maximum atomic E-state index is 12.2. The van der Waals surface area contributed by atoms with Crippen LogP contribution in [-0.2, 0) is 18.4 Å². The molecule has 1 saturated heterocycles. The van der Waals surface area contributed by atoms with E-state index in [4.69, 9.17) is 0 Å². The van der Waals surface area contributed by atoms with Crippen molar-refractivity contribution in [1.29, 1.82) is 0 Å². The van der Waals surface area contributed by atoms with Gasteiger partial charge in [0.2, 0.25) is 5.91 Å². The van der Waals surface area contributed by atoms with Crippen LogP contribution in [0.1, 0.15) is 11.3 Å².